The van der Waals surface area contributed by atoms with E-state index in [4.69, 9.17) is 5.73 Å². The van der Waals surface area contributed by atoms with Crippen LogP contribution in [0, 0.1) is 6.92 Å². The number of nitrogen functional groups attached to an aromatic ring is 1. The van der Waals surface area contributed by atoms with Crippen LogP contribution >= 0.6 is 0 Å². The van der Waals surface area contributed by atoms with E-state index in [-0.39, 0.29) is 5.78 Å². The van der Waals surface area contributed by atoms with Crippen LogP contribution in [0.4, 0.5) is 5.69 Å². The van der Waals surface area contributed by atoms with E-state index in [9.17, 15) is 4.79 Å². The van der Waals surface area contributed by atoms with E-state index in [1.54, 1.807) is 0 Å². The van der Waals surface area contributed by atoms with Gasteiger partial charge in [-0.25, -0.2) is 0 Å². The number of nitrogens with two attached hydrogens (primary N) is 1. The quantitative estimate of drug-likeness (QED) is 0.831. The molecule has 19 heavy (non-hydrogen) atoms. The van der Waals surface area contributed by atoms with E-state index in [1.165, 1.54) is 11.1 Å². The van der Waals surface area contributed by atoms with Gasteiger partial charge in [-0.15, -0.1) is 0 Å². The molecule has 98 valence electrons. The number of benzene rings is 2. The number of aryl methyl sites for hydroxylation is 2. The fourth-order valence-electron chi connectivity index (χ4n) is 1.99. The Morgan fingerprint density at radius 3 is 2.16 bits per heavy atom. The van der Waals surface area contributed by atoms with Gasteiger partial charge in [-0.05, 0) is 36.6 Å². The van der Waals surface area contributed by atoms with E-state index in [0.717, 1.165) is 17.7 Å². The van der Waals surface area contributed by atoms with Crippen LogP contribution in [0.5, 0.6) is 0 Å². The normalized spacial score (nSPS) is 10.4. The van der Waals surface area contributed by atoms with Crippen LogP contribution in [-0.2, 0) is 17.6 Å². The van der Waals surface area contributed by atoms with Gasteiger partial charge in [-0.2, -0.15) is 0 Å². The van der Waals surface area contributed by atoms with Crippen molar-refractivity contribution in [3.63, 3.8) is 0 Å². The molecular formula is C17H19NO. The molecule has 0 spiro atoms. The first-order valence-electron chi connectivity index (χ1n) is 6.55. The number of carbonyl (C=O) groups is 1. The van der Waals surface area contributed by atoms with Gasteiger partial charge in [0.25, 0.3) is 0 Å². The predicted octanol–water partition coefficient (Wildman–Crippen LogP) is 3.32. The summed E-state index contributed by atoms with van der Waals surface area (Å²) >= 11 is 0. The molecule has 0 aromatic heterocycles. The van der Waals surface area contributed by atoms with Crippen molar-refractivity contribution in [2.75, 3.05) is 5.73 Å². The molecule has 0 aliphatic heterocycles. The summed E-state index contributed by atoms with van der Waals surface area (Å²) in [7, 11) is 0. The Morgan fingerprint density at radius 1 is 0.947 bits per heavy atom. The van der Waals surface area contributed by atoms with Crippen LogP contribution < -0.4 is 5.73 Å². The van der Waals surface area contributed by atoms with Gasteiger partial charge in [0.15, 0.2) is 0 Å². The summed E-state index contributed by atoms with van der Waals surface area (Å²) in [6, 6.07) is 15.8. The van der Waals surface area contributed by atoms with Crippen LogP contribution in [0.15, 0.2) is 48.5 Å². The lowest BCUT2D eigenvalue weighted by molar-refractivity contribution is -0.118. The molecule has 2 aromatic rings. The van der Waals surface area contributed by atoms with Crippen molar-refractivity contribution >= 4 is 11.5 Å². The van der Waals surface area contributed by atoms with Crippen molar-refractivity contribution in [2.45, 2.75) is 26.2 Å². The Balaban J connectivity index is 1.84. The van der Waals surface area contributed by atoms with Crippen molar-refractivity contribution in [1.29, 1.82) is 0 Å². The Labute approximate surface area is 114 Å². The number of carbonyl (C=O) groups excluding carboxylic acids is 1. The molecule has 0 radical (unpaired) electrons. The summed E-state index contributed by atoms with van der Waals surface area (Å²) in [5.41, 5.74) is 9.85. The second kappa shape index (κ2) is 6.19. The van der Waals surface area contributed by atoms with Crippen molar-refractivity contribution in [3.05, 3.63) is 65.2 Å². The summed E-state index contributed by atoms with van der Waals surface area (Å²) in [5.74, 6) is 0.269. The van der Waals surface area contributed by atoms with Crippen molar-refractivity contribution < 1.29 is 4.79 Å². The highest BCUT2D eigenvalue weighted by molar-refractivity contribution is 5.81. The molecule has 2 aromatic carbocycles. The number of anilines is 1. The third-order valence-electron chi connectivity index (χ3n) is 3.19. The smallest absolute Gasteiger partial charge is 0.137 e. The van der Waals surface area contributed by atoms with Gasteiger partial charge in [-0.1, -0.05) is 42.0 Å². The molecular weight excluding hydrogens is 234 g/mol. The summed E-state index contributed by atoms with van der Waals surface area (Å²) in [6.45, 7) is 2.07. The molecule has 2 heteroatoms. The van der Waals surface area contributed by atoms with Crippen LogP contribution in [0.2, 0.25) is 0 Å². The van der Waals surface area contributed by atoms with Crippen molar-refractivity contribution in [2.24, 2.45) is 0 Å². The second-order valence-electron chi connectivity index (χ2n) is 4.94. The molecule has 0 amide bonds. The minimum absolute atomic E-state index is 0.269. The highest BCUT2D eigenvalue weighted by Crippen LogP contribution is 2.10. The topological polar surface area (TPSA) is 43.1 Å². The van der Waals surface area contributed by atoms with Gasteiger partial charge in [0.05, 0.1) is 0 Å². The Morgan fingerprint density at radius 2 is 1.53 bits per heavy atom. The lowest BCUT2D eigenvalue weighted by atomic mass is 10.0. The standard InChI is InChI=1S/C17H19NO/c1-13-2-4-14(5-3-13)8-11-17(19)12-15-6-9-16(18)10-7-15/h2-7,9-10H,8,11-12,18H2,1H3. The van der Waals surface area contributed by atoms with Gasteiger partial charge < -0.3 is 5.73 Å². The van der Waals surface area contributed by atoms with Gasteiger partial charge in [0, 0.05) is 18.5 Å². The minimum atomic E-state index is 0.269. The predicted molar refractivity (Wildman–Crippen MR) is 79.1 cm³/mol. The van der Waals surface area contributed by atoms with E-state index < -0.39 is 0 Å². The molecule has 0 saturated heterocycles. The number of rotatable bonds is 5. The maximum Gasteiger partial charge on any atom is 0.137 e. The monoisotopic (exact) mass is 253 g/mol. The largest absolute Gasteiger partial charge is 0.399 e. The molecule has 0 heterocycles. The first-order chi connectivity index (χ1) is 9.13. The van der Waals surface area contributed by atoms with Crippen LogP contribution in [0.1, 0.15) is 23.1 Å². The molecule has 2 N–H and O–H groups in total. The van der Waals surface area contributed by atoms with Gasteiger partial charge in [0.1, 0.15) is 5.78 Å². The molecule has 2 rings (SSSR count). The van der Waals surface area contributed by atoms with Crippen LogP contribution in [0.25, 0.3) is 0 Å². The molecule has 0 aliphatic carbocycles. The Kier molecular flexibility index (Phi) is 4.35. The van der Waals surface area contributed by atoms with E-state index >= 15 is 0 Å². The Hall–Kier alpha value is -2.09. The van der Waals surface area contributed by atoms with Crippen LogP contribution in [0.3, 0.4) is 0 Å². The Bertz CT molecular complexity index is 540. The number of ketones is 1. The van der Waals surface area contributed by atoms with Crippen molar-refractivity contribution in [3.8, 4) is 0 Å². The first-order valence-corrected chi connectivity index (χ1v) is 6.55. The van der Waals surface area contributed by atoms with E-state index in [2.05, 4.69) is 31.2 Å². The fourth-order valence-corrected chi connectivity index (χ4v) is 1.99. The molecule has 0 atom stereocenters. The maximum atomic E-state index is 11.9. The zero-order valence-electron chi connectivity index (χ0n) is 11.2. The number of hydrogen-bond acceptors (Lipinski definition) is 2. The maximum absolute atomic E-state index is 11.9. The molecule has 0 aliphatic rings. The number of Topliss-reactive ketones (excluding diaryl/α,β-unsaturated/α-hetero) is 1. The number of hydrogen-bond donors (Lipinski definition) is 1. The molecule has 0 saturated carbocycles. The first kappa shape index (κ1) is 13.3. The van der Waals surface area contributed by atoms with Gasteiger partial charge >= 0.3 is 0 Å². The molecule has 0 fully saturated rings. The SMILES string of the molecule is Cc1ccc(CCC(=O)Cc2ccc(N)cc2)cc1. The minimum Gasteiger partial charge on any atom is -0.399 e. The summed E-state index contributed by atoms with van der Waals surface area (Å²) < 4.78 is 0. The summed E-state index contributed by atoms with van der Waals surface area (Å²) in [5, 5.41) is 0. The highest BCUT2D eigenvalue weighted by atomic mass is 16.1. The second-order valence-corrected chi connectivity index (χ2v) is 4.94. The highest BCUT2D eigenvalue weighted by Gasteiger charge is 2.04. The fraction of sp³-hybridized carbons (Fsp3) is 0.235. The lowest BCUT2D eigenvalue weighted by Gasteiger charge is -2.03. The lowest BCUT2D eigenvalue weighted by Crippen LogP contribution is -2.04. The summed E-state index contributed by atoms with van der Waals surface area (Å²) in [6.07, 6.45) is 1.90. The van der Waals surface area contributed by atoms with E-state index in [0.29, 0.717) is 12.8 Å². The zero-order valence-corrected chi connectivity index (χ0v) is 11.2. The van der Waals surface area contributed by atoms with Crippen molar-refractivity contribution in [1.82, 2.24) is 0 Å². The zero-order chi connectivity index (χ0) is 13.7. The molecule has 0 bridgehead atoms. The van der Waals surface area contributed by atoms with Crippen LogP contribution in [-0.4, -0.2) is 5.78 Å². The molecule has 0 unspecified atom stereocenters. The van der Waals surface area contributed by atoms with Gasteiger partial charge in [-0.3, -0.25) is 4.79 Å². The molecule has 2 nitrogen and oxygen atoms in total. The van der Waals surface area contributed by atoms with E-state index in [1.807, 2.05) is 24.3 Å². The summed E-state index contributed by atoms with van der Waals surface area (Å²) in [4.78, 5) is 11.9. The third kappa shape index (κ3) is 4.25. The third-order valence-corrected chi connectivity index (χ3v) is 3.19. The average Bonchev–Trinajstić information content (AvgIpc) is 2.41. The van der Waals surface area contributed by atoms with Gasteiger partial charge in [0.2, 0.25) is 0 Å². The average molecular weight is 253 g/mol.